The standard InChI is InChI=1S/C21H23Br/c1-2-3-16-4-6-17(7-5-16)18-8-10-19(11-9-18)20-12-14-21(22)15-13-20/h2,8-17H,1,3-7H2. The number of benzene rings is 2. The smallest absolute Gasteiger partial charge is 0.0175 e. The molecule has 2 aromatic carbocycles. The Morgan fingerprint density at radius 1 is 0.864 bits per heavy atom. The molecule has 1 heteroatoms. The molecule has 0 radical (unpaired) electrons. The lowest BCUT2D eigenvalue weighted by Gasteiger charge is -2.28. The lowest BCUT2D eigenvalue weighted by molar-refractivity contribution is 0.328. The first-order valence-corrected chi connectivity index (χ1v) is 9.02. The fourth-order valence-electron chi connectivity index (χ4n) is 3.56. The molecular formula is C21H23Br. The van der Waals surface area contributed by atoms with Gasteiger partial charge in [0, 0.05) is 4.47 Å². The average molecular weight is 355 g/mol. The van der Waals surface area contributed by atoms with Crippen molar-refractivity contribution in [2.45, 2.75) is 38.0 Å². The number of halogens is 1. The van der Waals surface area contributed by atoms with Gasteiger partial charge in [0.05, 0.1) is 0 Å². The van der Waals surface area contributed by atoms with Crippen LogP contribution in [0.5, 0.6) is 0 Å². The summed E-state index contributed by atoms with van der Waals surface area (Å²) in [4.78, 5) is 0. The first-order chi connectivity index (χ1) is 10.8. The van der Waals surface area contributed by atoms with E-state index in [1.54, 1.807) is 0 Å². The summed E-state index contributed by atoms with van der Waals surface area (Å²) >= 11 is 3.49. The summed E-state index contributed by atoms with van der Waals surface area (Å²) in [5.41, 5.74) is 4.10. The van der Waals surface area contributed by atoms with E-state index in [0.717, 1.165) is 16.3 Å². The second-order valence-corrected chi connectivity index (χ2v) is 7.29. The predicted octanol–water partition coefficient (Wildman–Crippen LogP) is 6.97. The third-order valence-electron chi connectivity index (χ3n) is 4.91. The quantitative estimate of drug-likeness (QED) is 0.520. The summed E-state index contributed by atoms with van der Waals surface area (Å²) in [5.74, 6) is 1.62. The van der Waals surface area contributed by atoms with Crippen LogP contribution in [0.1, 0.15) is 43.6 Å². The molecule has 1 aliphatic carbocycles. The van der Waals surface area contributed by atoms with Crippen LogP contribution in [-0.4, -0.2) is 0 Å². The van der Waals surface area contributed by atoms with Gasteiger partial charge in [-0.05, 0) is 72.8 Å². The highest BCUT2D eigenvalue weighted by Crippen LogP contribution is 2.37. The van der Waals surface area contributed by atoms with Crippen LogP contribution in [0.15, 0.2) is 65.7 Å². The fourth-order valence-corrected chi connectivity index (χ4v) is 3.82. The van der Waals surface area contributed by atoms with E-state index in [1.807, 2.05) is 0 Å². The Morgan fingerprint density at radius 2 is 1.41 bits per heavy atom. The van der Waals surface area contributed by atoms with Crippen molar-refractivity contribution in [2.75, 3.05) is 0 Å². The van der Waals surface area contributed by atoms with Crippen LogP contribution in [0.4, 0.5) is 0 Å². The first kappa shape index (κ1) is 15.6. The van der Waals surface area contributed by atoms with Gasteiger partial charge in [-0.1, -0.05) is 58.4 Å². The van der Waals surface area contributed by atoms with Crippen molar-refractivity contribution in [1.82, 2.24) is 0 Å². The summed E-state index contributed by atoms with van der Waals surface area (Å²) in [5, 5.41) is 0. The van der Waals surface area contributed by atoms with Crippen molar-refractivity contribution in [2.24, 2.45) is 5.92 Å². The van der Waals surface area contributed by atoms with Crippen LogP contribution < -0.4 is 0 Å². The number of rotatable bonds is 4. The maximum absolute atomic E-state index is 3.87. The van der Waals surface area contributed by atoms with Crippen LogP contribution in [0.3, 0.4) is 0 Å². The van der Waals surface area contributed by atoms with Gasteiger partial charge in [-0.2, -0.15) is 0 Å². The molecule has 2 aromatic rings. The molecule has 0 aromatic heterocycles. The van der Waals surface area contributed by atoms with Gasteiger partial charge in [-0.25, -0.2) is 0 Å². The number of hydrogen-bond acceptors (Lipinski definition) is 0. The molecule has 1 saturated carbocycles. The molecule has 1 fully saturated rings. The van der Waals surface area contributed by atoms with Gasteiger partial charge in [0.15, 0.2) is 0 Å². The van der Waals surface area contributed by atoms with Gasteiger partial charge in [-0.3, -0.25) is 0 Å². The molecule has 0 bridgehead atoms. The minimum Gasteiger partial charge on any atom is -0.103 e. The predicted molar refractivity (Wildman–Crippen MR) is 99.1 cm³/mol. The van der Waals surface area contributed by atoms with E-state index in [0.29, 0.717) is 0 Å². The van der Waals surface area contributed by atoms with Crippen molar-refractivity contribution < 1.29 is 0 Å². The van der Waals surface area contributed by atoms with E-state index in [1.165, 1.54) is 48.8 Å². The molecule has 22 heavy (non-hydrogen) atoms. The largest absolute Gasteiger partial charge is 0.103 e. The highest BCUT2D eigenvalue weighted by atomic mass is 79.9. The second kappa shape index (κ2) is 7.28. The highest BCUT2D eigenvalue weighted by Gasteiger charge is 2.21. The van der Waals surface area contributed by atoms with Crippen LogP contribution in [0, 0.1) is 5.92 Å². The highest BCUT2D eigenvalue weighted by molar-refractivity contribution is 9.10. The third kappa shape index (κ3) is 3.70. The molecule has 0 unspecified atom stereocenters. The summed E-state index contributed by atoms with van der Waals surface area (Å²) in [6.07, 6.45) is 8.63. The Hall–Kier alpha value is -1.34. The third-order valence-corrected chi connectivity index (χ3v) is 5.44. The molecule has 0 spiro atoms. The Bertz CT molecular complexity index is 601. The van der Waals surface area contributed by atoms with Crippen molar-refractivity contribution in [3.8, 4) is 11.1 Å². The zero-order chi connectivity index (χ0) is 15.4. The van der Waals surface area contributed by atoms with Crippen LogP contribution >= 0.6 is 15.9 Å². The second-order valence-electron chi connectivity index (χ2n) is 6.37. The summed E-state index contributed by atoms with van der Waals surface area (Å²) in [6.45, 7) is 3.87. The average Bonchev–Trinajstić information content (AvgIpc) is 2.57. The molecule has 3 rings (SSSR count). The minimum absolute atomic E-state index is 0.750. The molecule has 114 valence electrons. The fraction of sp³-hybridized carbons (Fsp3) is 0.333. The SMILES string of the molecule is C=CCC1CCC(c2ccc(-c3ccc(Br)cc3)cc2)CC1. The van der Waals surface area contributed by atoms with E-state index < -0.39 is 0 Å². The van der Waals surface area contributed by atoms with Crippen molar-refractivity contribution >= 4 is 15.9 Å². The van der Waals surface area contributed by atoms with Gasteiger partial charge >= 0.3 is 0 Å². The molecule has 0 nitrogen and oxygen atoms in total. The van der Waals surface area contributed by atoms with E-state index in [4.69, 9.17) is 0 Å². The van der Waals surface area contributed by atoms with Crippen molar-refractivity contribution in [3.63, 3.8) is 0 Å². The molecule has 0 atom stereocenters. The normalized spacial score (nSPS) is 21.5. The van der Waals surface area contributed by atoms with E-state index in [-0.39, 0.29) is 0 Å². The van der Waals surface area contributed by atoms with Crippen LogP contribution in [0.2, 0.25) is 0 Å². The van der Waals surface area contributed by atoms with Gasteiger partial charge in [0.1, 0.15) is 0 Å². The Kier molecular flexibility index (Phi) is 5.15. The molecule has 0 N–H and O–H groups in total. The molecule has 0 heterocycles. The Morgan fingerprint density at radius 3 is 1.95 bits per heavy atom. The van der Waals surface area contributed by atoms with Gasteiger partial charge in [0.25, 0.3) is 0 Å². The molecule has 1 aliphatic rings. The molecule has 0 aliphatic heterocycles. The van der Waals surface area contributed by atoms with Crippen molar-refractivity contribution in [3.05, 3.63) is 71.2 Å². The molecule has 0 amide bonds. The van der Waals surface area contributed by atoms with Gasteiger partial charge in [-0.15, -0.1) is 6.58 Å². The van der Waals surface area contributed by atoms with Crippen molar-refractivity contribution in [1.29, 1.82) is 0 Å². The minimum atomic E-state index is 0.750. The van der Waals surface area contributed by atoms with Crippen LogP contribution in [-0.2, 0) is 0 Å². The van der Waals surface area contributed by atoms with E-state index in [2.05, 4.69) is 77.1 Å². The summed E-state index contributed by atoms with van der Waals surface area (Å²) in [6, 6.07) is 17.7. The Balaban J connectivity index is 1.67. The lowest BCUT2D eigenvalue weighted by Crippen LogP contribution is -2.12. The van der Waals surface area contributed by atoms with E-state index in [9.17, 15) is 0 Å². The summed E-state index contributed by atoms with van der Waals surface area (Å²) < 4.78 is 1.13. The summed E-state index contributed by atoms with van der Waals surface area (Å²) in [7, 11) is 0. The maximum atomic E-state index is 3.87. The number of allylic oxidation sites excluding steroid dienone is 1. The van der Waals surface area contributed by atoms with Crippen LogP contribution in [0.25, 0.3) is 11.1 Å². The lowest BCUT2D eigenvalue weighted by atomic mass is 9.77. The first-order valence-electron chi connectivity index (χ1n) is 8.23. The topological polar surface area (TPSA) is 0 Å². The number of hydrogen-bond donors (Lipinski definition) is 0. The van der Waals surface area contributed by atoms with Gasteiger partial charge < -0.3 is 0 Å². The Labute approximate surface area is 142 Å². The zero-order valence-electron chi connectivity index (χ0n) is 13.0. The molecule has 0 saturated heterocycles. The maximum Gasteiger partial charge on any atom is 0.0175 e. The zero-order valence-corrected chi connectivity index (χ0v) is 14.6. The van der Waals surface area contributed by atoms with Gasteiger partial charge in [0.2, 0.25) is 0 Å². The monoisotopic (exact) mass is 354 g/mol. The molecular weight excluding hydrogens is 332 g/mol. The van der Waals surface area contributed by atoms with E-state index >= 15 is 0 Å².